The molecule has 3 aromatic rings. The molecule has 4 rings (SSSR count). The lowest BCUT2D eigenvalue weighted by Crippen LogP contribution is -2.28. The van der Waals surface area contributed by atoms with Crippen molar-refractivity contribution in [1.29, 1.82) is 0 Å². The Kier molecular flexibility index (Phi) is 3.91. The molecule has 0 radical (unpaired) electrons. The molecule has 0 aliphatic carbocycles. The fourth-order valence-electron chi connectivity index (χ4n) is 3.40. The highest BCUT2D eigenvalue weighted by molar-refractivity contribution is 7.21. The van der Waals surface area contributed by atoms with E-state index in [1.54, 1.807) is 0 Å². The van der Waals surface area contributed by atoms with Crippen molar-refractivity contribution in [3.05, 3.63) is 45.4 Å². The molecule has 4 N–H and O–H groups in total. The molecule has 0 spiro atoms. The van der Waals surface area contributed by atoms with Crippen molar-refractivity contribution in [2.75, 3.05) is 19.3 Å². The number of benzene rings is 1. The predicted octanol–water partition coefficient (Wildman–Crippen LogP) is 3.29. The number of aromatic nitrogens is 1. The summed E-state index contributed by atoms with van der Waals surface area (Å²) in [5.74, 6) is -0.527. The molecule has 1 aromatic carbocycles. The molecule has 7 heteroatoms. The van der Waals surface area contributed by atoms with Gasteiger partial charge in [0.1, 0.15) is 9.71 Å². The van der Waals surface area contributed by atoms with Crippen LogP contribution in [0.2, 0.25) is 5.02 Å². The first-order valence-corrected chi connectivity index (χ1v) is 9.13. The van der Waals surface area contributed by atoms with Gasteiger partial charge in [0.15, 0.2) is 0 Å². The summed E-state index contributed by atoms with van der Waals surface area (Å²) < 4.78 is 0. The van der Waals surface area contributed by atoms with Crippen molar-refractivity contribution in [2.45, 2.75) is 13.0 Å². The lowest BCUT2D eigenvalue weighted by Gasteiger charge is -2.27. The van der Waals surface area contributed by atoms with Gasteiger partial charge in [-0.3, -0.25) is 4.79 Å². The minimum absolute atomic E-state index is 0.353. The summed E-state index contributed by atoms with van der Waals surface area (Å²) in [4.78, 5) is 19.9. The van der Waals surface area contributed by atoms with E-state index in [-0.39, 0.29) is 0 Å². The van der Waals surface area contributed by atoms with E-state index in [4.69, 9.17) is 28.1 Å². The normalized spacial score (nSPS) is 14.6. The number of likely N-dealkylation sites (N-methyl/N-ethyl adjacent to an activating group) is 1. The molecule has 0 bridgehead atoms. The Morgan fingerprint density at radius 3 is 2.84 bits per heavy atom. The van der Waals surface area contributed by atoms with Crippen LogP contribution in [0.1, 0.15) is 20.9 Å². The number of nitrogen functional groups attached to an aromatic ring is 1. The molecule has 25 heavy (non-hydrogen) atoms. The lowest BCUT2D eigenvalue weighted by molar-refractivity contribution is 0.100. The number of anilines is 1. The molecule has 1 amide bonds. The first-order chi connectivity index (χ1) is 12.0. The second kappa shape index (κ2) is 5.98. The van der Waals surface area contributed by atoms with Crippen LogP contribution in [-0.2, 0) is 13.0 Å². The van der Waals surface area contributed by atoms with Crippen LogP contribution in [0.4, 0.5) is 5.69 Å². The zero-order valence-electron chi connectivity index (χ0n) is 13.7. The summed E-state index contributed by atoms with van der Waals surface area (Å²) in [6.07, 6.45) is 0.850. The number of hydrogen-bond acceptors (Lipinski definition) is 5. The average molecular weight is 373 g/mol. The first kappa shape index (κ1) is 16.3. The van der Waals surface area contributed by atoms with Crippen LogP contribution >= 0.6 is 22.9 Å². The van der Waals surface area contributed by atoms with E-state index in [1.165, 1.54) is 11.3 Å². The van der Waals surface area contributed by atoms with Crippen LogP contribution < -0.4 is 11.5 Å². The van der Waals surface area contributed by atoms with Gasteiger partial charge in [-0.1, -0.05) is 29.8 Å². The second-order valence-electron chi connectivity index (χ2n) is 6.27. The molecule has 0 saturated carbocycles. The summed E-state index contributed by atoms with van der Waals surface area (Å²) >= 11 is 7.75. The number of carbonyl (C=O) groups is 1. The van der Waals surface area contributed by atoms with Crippen molar-refractivity contribution in [3.8, 4) is 11.1 Å². The predicted molar refractivity (Wildman–Crippen MR) is 103 cm³/mol. The van der Waals surface area contributed by atoms with E-state index in [0.717, 1.165) is 52.1 Å². The zero-order valence-corrected chi connectivity index (χ0v) is 15.2. The topological polar surface area (TPSA) is 85.2 Å². The third-order valence-corrected chi connectivity index (χ3v) is 6.03. The first-order valence-electron chi connectivity index (χ1n) is 7.94. The smallest absolute Gasteiger partial charge is 0.260 e. The van der Waals surface area contributed by atoms with E-state index in [0.29, 0.717) is 15.6 Å². The van der Waals surface area contributed by atoms with Gasteiger partial charge in [-0.15, -0.1) is 11.3 Å². The highest BCUT2D eigenvalue weighted by atomic mass is 35.5. The molecule has 0 unspecified atom stereocenters. The molecule has 2 aromatic heterocycles. The van der Waals surface area contributed by atoms with Crippen molar-refractivity contribution in [3.63, 3.8) is 0 Å². The standard InChI is InChI=1S/C18H17ClN4OS/c1-23-7-6-12-10(8-23)13(9-4-2-3-5-11(9)19)14-15(20)16(17(21)24)25-18(14)22-12/h2-5H,6-8,20H2,1H3,(H2,21,24). The van der Waals surface area contributed by atoms with E-state index >= 15 is 0 Å². The van der Waals surface area contributed by atoms with Gasteiger partial charge in [-0.25, -0.2) is 4.98 Å². The Balaban J connectivity index is 2.15. The second-order valence-corrected chi connectivity index (χ2v) is 7.68. The van der Waals surface area contributed by atoms with Crippen LogP contribution in [0.5, 0.6) is 0 Å². The maximum atomic E-state index is 11.8. The van der Waals surface area contributed by atoms with E-state index in [2.05, 4.69) is 11.9 Å². The fourth-order valence-corrected chi connectivity index (χ4v) is 4.61. The van der Waals surface area contributed by atoms with Crippen LogP contribution in [0, 0.1) is 0 Å². The molecule has 128 valence electrons. The van der Waals surface area contributed by atoms with E-state index in [9.17, 15) is 4.79 Å². The number of hydrogen-bond donors (Lipinski definition) is 2. The van der Waals surface area contributed by atoms with Crippen LogP contribution in [0.25, 0.3) is 21.3 Å². The zero-order chi connectivity index (χ0) is 17.7. The number of amides is 1. The summed E-state index contributed by atoms with van der Waals surface area (Å²) in [7, 11) is 2.08. The summed E-state index contributed by atoms with van der Waals surface area (Å²) in [5.41, 5.74) is 16.2. The highest BCUT2D eigenvalue weighted by Gasteiger charge is 2.27. The highest BCUT2D eigenvalue weighted by Crippen LogP contribution is 2.44. The third-order valence-electron chi connectivity index (χ3n) is 4.59. The minimum Gasteiger partial charge on any atom is -0.397 e. The summed E-state index contributed by atoms with van der Waals surface area (Å²) in [5, 5.41) is 1.43. The van der Waals surface area contributed by atoms with Crippen LogP contribution in [0.3, 0.4) is 0 Å². The number of carbonyl (C=O) groups excluding carboxylic acids is 1. The third kappa shape index (κ3) is 2.57. The number of pyridine rings is 1. The summed E-state index contributed by atoms with van der Waals surface area (Å²) in [6.45, 7) is 1.71. The van der Waals surface area contributed by atoms with Gasteiger partial charge in [0.05, 0.1) is 5.69 Å². The molecular formula is C18H17ClN4OS. The Labute approximate surface area is 154 Å². The van der Waals surface area contributed by atoms with Gasteiger partial charge >= 0.3 is 0 Å². The average Bonchev–Trinajstić information content (AvgIpc) is 2.91. The Bertz CT molecular complexity index is 1010. The number of rotatable bonds is 2. The summed E-state index contributed by atoms with van der Waals surface area (Å²) in [6, 6.07) is 7.69. The van der Waals surface area contributed by atoms with Gasteiger partial charge in [-0.2, -0.15) is 0 Å². The van der Waals surface area contributed by atoms with Crippen LogP contribution in [-0.4, -0.2) is 29.4 Å². The number of thiophene rings is 1. The number of halogens is 1. The Hall–Kier alpha value is -2.15. The minimum atomic E-state index is -0.527. The molecule has 3 heterocycles. The maximum absolute atomic E-state index is 11.8. The molecule has 0 saturated heterocycles. The number of fused-ring (bicyclic) bond motifs is 2. The molecule has 1 aliphatic heterocycles. The SMILES string of the molecule is CN1CCc2nc3sc(C(N)=O)c(N)c3c(-c3ccccc3Cl)c2C1. The Morgan fingerprint density at radius 1 is 1.36 bits per heavy atom. The van der Waals surface area contributed by atoms with Crippen LogP contribution in [0.15, 0.2) is 24.3 Å². The van der Waals surface area contributed by atoms with Gasteiger partial charge in [0.25, 0.3) is 5.91 Å². The number of nitrogens with zero attached hydrogens (tertiary/aromatic N) is 2. The molecule has 5 nitrogen and oxygen atoms in total. The van der Waals surface area contributed by atoms with Gasteiger partial charge in [0, 0.05) is 46.7 Å². The van der Waals surface area contributed by atoms with Crippen molar-refractivity contribution < 1.29 is 4.79 Å². The number of primary amides is 1. The van der Waals surface area contributed by atoms with Gasteiger partial charge in [-0.05, 0) is 18.7 Å². The Morgan fingerprint density at radius 2 is 2.12 bits per heavy atom. The van der Waals surface area contributed by atoms with Crippen molar-refractivity contribution in [1.82, 2.24) is 9.88 Å². The van der Waals surface area contributed by atoms with Crippen molar-refractivity contribution in [2.24, 2.45) is 5.73 Å². The molecule has 0 atom stereocenters. The molecular weight excluding hydrogens is 356 g/mol. The van der Waals surface area contributed by atoms with E-state index in [1.807, 2.05) is 24.3 Å². The largest absolute Gasteiger partial charge is 0.397 e. The number of nitrogens with two attached hydrogens (primary N) is 2. The lowest BCUT2D eigenvalue weighted by atomic mass is 9.92. The van der Waals surface area contributed by atoms with Gasteiger partial charge < -0.3 is 16.4 Å². The fraction of sp³-hybridized carbons (Fsp3) is 0.222. The molecule has 1 aliphatic rings. The van der Waals surface area contributed by atoms with Crippen molar-refractivity contribution >= 4 is 44.7 Å². The quantitative estimate of drug-likeness (QED) is 0.722. The monoisotopic (exact) mass is 372 g/mol. The van der Waals surface area contributed by atoms with E-state index < -0.39 is 5.91 Å². The van der Waals surface area contributed by atoms with Gasteiger partial charge in [0.2, 0.25) is 0 Å². The molecule has 0 fully saturated rings. The maximum Gasteiger partial charge on any atom is 0.260 e.